The Balaban J connectivity index is 2.02. The summed E-state index contributed by atoms with van der Waals surface area (Å²) in [5.41, 5.74) is -0.481. The van der Waals surface area contributed by atoms with Gasteiger partial charge < -0.3 is 4.43 Å². The van der Waals surface area contributed by atoms with Crippen LogP contribution in [0.25, 0.3) is 0 Å². The number of nitro groups is 1. The number of Topliss-reactive ketones (excluding diaryl/α,β-unsaturated/α-hetero) is 1. The van der Waals surface area contributed by atoms with Crippen molar-refractivity contribution in [3.8, 4) is 0 Å². The number of hydrogen-bond acceptors (Lipinski definition) is 6. The Morgan fingerprint density at radius 3 is 2.41 bits per heavy atom. The predicted molar refractivity (Wildman–Crippen MR) is 111 cm³/mol. The van der Waals surface area contributed by atoms with Gasteiger partial charge in [-0.25, -0.2) is 8.42 Å². The van der Waals surface area contributed by atoms with Gasteiger partial charge in [0.1, 0.15) is 6.10 Å². The lowest BCUT2D eigenvalue weighted by Gasteiger charge is -2.44. The molecule has 3 unspecified atom stereocenters. The van der Waals surface area contributed by atoms with Crippen LogP contribution in [0.4, 0.5) is 5.69 Å². The topological polar surface area (TPSA) is 107 Å². The second-order valence-corrected chi connectivity index (χ2v) is 15.5. The number of sulfonamides is 1. The van der Waals surface area contributed by atoms with Gasteiger partial charge in [-0.2, -0.15) is 4.31 Å². The normalized spacial score (nSPS) is 25.4. The molecule has 158 valence electrons. The number of hydrogen-bond donors (Lipinski definition) is 0. The van der Waals surface area contributed by atoms with E-state index in [1.807, 2.05) is 33.9 Å². The molecule has 8 nitrogen and oxygen atoms in total. The van der Waals surface area contributed by atoms with E-state index in [-0.39, 0.29) is 22.1 Å². The molecule has 0 spiro atoms. The molecule has 0 amide bonds. The van der Waals surface area contributed by atoms with Gasteiger partial charge in [0.25, 0.3) is 15.7 Å². The van der Waals surface area contributed by atoms with Crippen molar-refractivity contribution in [2.45, 2.75) is 68.4 Å². The third-order valence-corrected chi connectivity index (χ3v) is 12.5. The minimum Gasteiger partial charge on any atom is -0.405 e. The Morgan fingerprint density at radius 2 is 1.83 bits per heavy atom. The monoisotopic (exact) mass is 438 g/mol. The van der Waals surface area contributed by atoms with Gasteiger partial charge in [0.05, 0.1) is 17.0 Å². The van der Waals surface area contributed by atoms with E-state index in [0.29, 0.717) is 0 Å². The smallest absolute Gasteiger partial charge is 0.289 e. The lowest BCUT2D eigenvalue weighted by Crippen LogP contribution is -2.59. The molecule has 2 heterocycles. The van der Waals surface area contributed by atoms with Crippen molar-refractivity contribution < 1.29 is 22.6 Å². The molecule has 1 fully saturated rings. The largest absolute Gasteiger partial charge is 0.405 e. The molecule has 2 aliphatic heterocycles. The standard InChI is InChI=1S/C19H26N2O6SSi/c1-19(2,3)29(4,5)27-18-15-11-10-13(12-16(18)22)20(15)28(25,26)17-9-7-6-8-14(17)21(23)24/h6-11,13,15,18H,12H2,1-5H3. The van der Waals surface area contributed by atoms with Crippen LogP contribution in [0.2, 0.25) is 18.1 Å². The van der Waals surface area contributed by atoms with Crippen LogP contribution in [0.3, 0.4) is 0 Å². The van der Waals surface area contributed by atoms with Gasteiger partial charge in [-0.1, -0.05) is 45.1 Å². The first-order valence-electron chi connectivity index (χ1n) is 9.43. The van der Waals surface area contributed by atoms with Gasteiger partial charge in [-0.05, 0) is 24.2 Å². The molecule has 1 saturated heterocycles. The van der Waals surface area contributed by atoms with Crippen LogP contribution in [0, 0.1) is 10.1 Å². The minimum absolute atomic E-state index is 0.00779. The molecule has 0 N–H and O–H groups in total. The number of benzene rings is 1. The summed E-state index contributed by atoms with van der Waals surface area (Å²) in [5, 5.41) is 11.2. The maximum atomic E-state index is 13.4. The van der Waals surface area contributed by atoms with Gasteiger partial charge in [-0.15, -0.1) is 0 Å². The zero-order valence-corrected chi connectivity index (χ0v) is 19.0. The fraction of sp³-hybridized carbons (Fsp3) is 0.526. The van der Waals surface area contributed by atoms with Crippen molar-refractivity contribution in [2.24, 2.45) is 0 Å². The molecule has 3 rings (SSSR count). The summed E-state index contributed by atoms with van der Waals surface area (Å²) >= 11 is 0. The third kappa shape index (κ3) is 3.70. The highest BCUT2D eigenvalue weighted by molar-refractivity contribution is 7.89. The summed E-state index contributed by atoms with van der Waals surface area (Å²) in [7, 11) is -6.56. The van der Waals surface area contributed by atoms with Crippen LogP contribution in [-0.2, 0) is 19.2 Å². The van der Waals surface area contributed by atoms with Crippen LogP contribution < -0.4 is 0 Å². The number of nitrogens with zero attached hydrogens (tertiary/aromatic N) is 2. The van der Waals surface area contributed by atoms with Crippen LogP contribution in [0.1, 0.15) is 27.2 Å². The summed E-state index contributed by atoms with van der Waals surface area (Å²) in [5.74, 6) is -0.135. The van der Waals surface area contributed by atoms with E-state index in [2.05, 4.69) is 0 Å². The first-order chi connectivity index (χ1) is 13.3. The van der Waals surface area contributed by atoms with E-state index in [9.17, 15) is 23.3 Å². The maximum Gasteiger partial charge on any atom is 0.289 e. The van der Waals surface area contributed by atoms with Gasteiger partial charge in [0.15, 0.2) is 19.0 Å². The number of nitro benzene ring substituents is 1. The molecule has 2 aliphatic rings. The number of para-hydroxylation sites is 1. The fourth-order valence-electron chi connectivity index (χ4n) is 3.45. The number of piperidine rings is 1. The molecule has 0 radical (unpaired) electrons. The highest BCUT2D eigenvalue weighted by atomic mass is 32.2. The average Bonchev–Trinajstić information content (AvgIpc) is 2.95. The molecule has 1 aromatic rings. The van der Waals surface area contributed by atoms with E-state index in [1.54, 1.807) is 12.2 Å². The van der Waals surface area contributed by atoms with E-state index in [1.165, 1.54) is 28.6 Å². The summed E-state index contributed by atoms with van der Waals surface area (Å²) in [6.07, 6.45) is 2.44. The Kier molecular flexibility index (Phi) is 5.35. The molecule has 0 aliphatic carbocycles. The zero-order chi connectivity index (χ0) is 21.8. The van der Waals surface area contributed by atoms with Crippen molar-refractivity contribution in [3.63, 3.8) is 0 Å². The van der Waals surface area contributed by atoms with E-state index >= 15 is 0 Å². The Hall–Kier alpha value is -1.88. The summed E-state index contributed by atoms with van der Waals surface area (Å²) in [6, 6.07) is 3.81. The summed E-state index contributed by atoms with van der Waals surface area (Å²) in [4.78, 5) is 23.1. The maximum absolute atomic E-state index is 13.4. The quantitative estimate of drug-likeness (QED) is 0.302. The van der Waals surface area contributed by atoms with Crippen molar-refractivity contribution >= 4 is 29.8 Å². The van der Waals surface area contributed by atoms with E-state index in [4.69, 9.17) is 4.43 Å². The number of ketones is 1. The highest BCUT2D eigenvalue weighted by Gasteiger charge is 2.53. The van der Waals surface area contributed by atoms with E-state index < -0.39 is 47.1 Å². The predicted octanol–water partition coefficient (Wildman–Crippen LogP) is 3.26. The van der Waals surface area contributed by atoms with Crippen LogP contribution >= 0.6 is 0 Å². The van der Waals surface area contributed by atoms with Crippen molar-refractivity contribution in [2.75, 3.05) is 0 Å². The van der Waals surface area contributed by atoms with Crippen molar-refractivity contribution in [1.29, 1.82) is 0 Å². The molecule has 29 heavy (non-hydrogen) atoms. The fourth-order valence-corrected chi connectivity index (χ4v) is 6.59. The van der Waals surface area contributed by atoms with Gasteiger partial charge >= 0.3 is 0 Å². The number of carbonyl (C=O) groups is 1. The second-order valence-electron chi connectivity index (χ2n) is 8.97. The van der Waals surface area contributed by atoms with Crippen LogP contribution in [-0.4, -0.2) is 49.9 Å². The summed E-state index contributed by atoms with van der Waals surface area (Å²) < 4.78 is 34.4. The minimum atomic E-state index is -4.21. The highest BCUT2D eigenvalue weighted by Crippen LogP contribution is 2.42. The van der Waals surface area contributed by atoms with E-state index in [0.717, 1.165) is 0 Å². The molecule has 0 saturated carbocycles. The van der Waals surface area contributed by atoms with Gasteiger partial charge in [-0.3, -0.25) is 14.9 Å². The average molecular weight is 439 g/mol. The number of rotatable bonds is 5. The molecular formula is C19H26N2O6SSi. The summed E-state index contributed by atoms with van der Waals surface area (Å²) in [6.45, 7) is 10.1. The molecule has 3 atom stereocenters. The number of fused-ring (bicyclic) bond motifs is 2. The Bertz CT molecular complexity index is 983. The zero-order valence-electron chi connectivity index (χ0n) is 17.2. The van der Waals surface area contributed by atoms with Crippen LogP contribution in [0.5, 0.6) is 0 Å². The molecule has 2 bridgehead atoms. The lowest BCUT2D eigenvalue weighted by molar-refractivity contribution is -0.387. The number of carbonyl (C=O) groups excluding carboxylic acids is 1. The third-order valence-electron chi connectivity index (χ3n) is 6.03. The van der Waals surface area contributed by atoms with Crippen molar-refractivity contribution in [3.05, 3.63) is 46.5 Å². The first-order valence-corrected chi connectivity index (χ1v) is 13.8. The molecule has 10 heteroatoms. The van der Waals surface area contributed by atoms with Crippen LogP contribution in [0.15, 0.2) is 41.3 Å². The Morgan fingerprint density at radius 1 is 1.21 bits per heavy atom. The molecule has 0 aromatic heterocycles. The first kappa shape index (κ1) is 21.8. The molecular weight excluding hydrogens is 412 g/mol. The van der Waals surface area contributed by atoms with Gasteiger partial charge in [0, 0.05) is 12.5 Å². The lowest BCUT2D eigenvalue weighted by atomic mass is 10.0. The van der Waals surface area contributed by atoms with Crippen molar-refractivity contribution in [1.82, 2.24) is 4.31 Å². The second kappa shape index (κ2) is 7.12. The Labute approximate surface area is 171 Å². The SMILES string of the molecule is CC(C)(C)[Si](C)(C)OC1C(=O)CC2C=CC1N2S(=O)(=O)c1ccccc1[N+](=O)[O-]. The van der Waals surface area contributed by atoms with Gasteiger partial charge in [0.2, 0.25) is 0 Å². The molecule has 1 aromatic carbocycles.